The van der Waals surface area contributed by atoms with Gasteiger partial charge >= 0.3 is 0 Å². The van der Waals surface area contributed by atoms with E-state index < -0.39 is 5.41 Å². The quantitative estimate of drug-likeness (QED) is 0.621. The van der Waals surface area contributed by atoms with Crippen LogP contribution in [-0.4, -0.2) is 53.0 Å². The number of aliphatic hydroxyl groups is 1. The fourth-order valence-corrected chi connectivity index (χ4v) is 2.91. The van der Waals surface area contributed by atoms with Crippen LogP contribution in [0.4, 0.5) is 0 Å². The van der Waals surface area contributed by atoms with Crippen molar-refractivity contribution in [2.75, 3.05) is 32.8 Å². The largest absolute Gasteiger partial charge is 0.504 e. The van der Waals surface area contributed by atoms with Crippen molar-refractivity contribution in [3.8, 4) is 11.5 Å². The first-order valence-electron chi connectivity index (χ1n) is 7.04. The summed E-state index contributed by atoms with van der Waals surface area (Å²) < 4.78 is 0. The molecule has 1 aliphatic heterocycles. The smallest absolute Gasteiger partial charge is 0.162 e. The number of hydrogen-bond acceptors (Lipinski definition) is 5. The molecule has 0 saturated carbocycles. The van der Waals surface area contributed by atoms with E-state index in [0.717, 1.165) is 26.2 Å². The van der Waals surface area contributed by atoms with Crippen LogP contribution in [0.15, 0.2) is 18.2 Å². The van der Waals surface area contributed by atoms with Crippen molar-refractivity contribution >= 4 is 0 Å². The van der Waals surface area contributed by atoms with E-state index >= 15 is 0 Å². The maximum atomic E-state index is 10.2. The number of aliphatic hydroxyl groups excluding tert-OH is 1. The molecule has 1 atom stereocenters. The van der Waals surface area contributed by atoms with E-state index in [-0.39, 0.29) is 24.1 Å². The van der Waals surface area contributed by atoms with E-state index in [0.29, 0.717) is 5.56 Å². The number of nitrogens with one attached hydrogen (secondary N) is 1. The van der Waals surface area contributed by atoms with Crippen LogP contribution in [0.25, 0.3) is 0 Å². The number of benzene rings is 1. The highest BCUT2D eigenvalue weighted by Crippen LogP contribution is 2.44. The van der Waals surface area contributed by atoms with Gasteiger partial charge in [0.15, 0.2) is 11.5 Å². The molecule has 1 aliphatic rings. The number of aromatic hydroxyl groups is 2. The maximum Gasteiger partial charge on any atom is 0.162 e. The number of phenols is 2. The molecule has 0 unspecified atom stereocenters. The average Bonchev–Trinajstić information content (AvgIpc) is 2.45. The third-order valence-electron chi connectivity index (χ3n) is 4.00. The normalized spacial score (nSPS) is 18.9. The van der Waals surface area contributed by atoms with Crippen LogP contribution in [0, 0.1) is 5.41 Å². The summed E-state index contributed by atoms with van der Waals surface area (Å²) in [6.45, 7) is 7.44. The van der Waals surface area contributed by atoms with Gasteiger partial charge in [-0.05, 0) is 6.07 Å². The molecule has 112 valence electrons. The summed E-state index contributed by atoms with van der Waals surface area (Å²) in [6, 6.07) is 4.88. The lowest BCUT2D eigenvalue weighted by molar-refractivity contribution is 0.0291. The monoisotopic (exact) mass is 280 g/mol. The molecule has 1 aromatic carbocycles. The number of rotatable bonds is 4. The SMILES string of the molecule is CC(C)(CO)[C@H](c1cccc(O)c1O)N1CCNCC1. The zero-order chi connectivity index (χ0) is 14.8. The van der Waals surface area contributed by atoms with Gasteiger partial charge in [0.05, 0.1) is 0 Å². The van der Waals surface area contributed by atoms with E-state index in [1.807, 2.05) is 19.9 Å². The first-order valence-corrected chi connectivity index (χ1v) is 7.04. The molecule has 5 heteroatoms. The Kier molecular flexibility index (Phi) is 4.52. The zero-order valence-corrected chi connectivity index (χ0v) is 12.1. The molecule has 1 fully saturated rings. The van der Waals surface area contributed by atoms with Gasteiger partial charge in [0.1, 0.15) is 0 Å². The van der Waals surface area contributed by atoms with Crippen LogP contribution in [0.2, 0.25) is 0 Å². The summed E-state index contributed by atoms with van der Waals surface area (Å²) in [7, 11) is 0. The molecular weight excluding hydrogens is 256 g/mol. The first-order chi connectivity index (χ1) is 9.47. The Hall–Kier alpha value is -1.30. The number of nitrogens with zero attached hydrogens (tertiary/aromatic N) is 1. The molecule has 1 heterocycles. The van der Waals surface area contributed by atoms with E-state index in [9.17, 15) is 15.3 Å². The Balaban J connectivity index is 2.42. The zero-order valence-electron chi connectivity index (χ0n) is 12.1. The highest BCUT2D eigenvalue weighted by molar-refractivity contribution is 5.46. The Morgan fingerprint density at radius 1 is 1.25 bits per heavy atom. The second-order valence-corrected chi connectivity index (χ2v) is 6.05. The van der Waals surface area contributed by atoms with Crippen molar-refractivity contribution in [1.29, 1.82) is 0 Å². The summed E-state index contributed by atoms with van der Waals surface area (Å²) in [5.74, 6) is -0.200. The topological polar surface area (TPSA) is 76.0 Å². The van der Waals surface area contributed by atoms with Crippen molar-refractivity contribution in [2.24, 2.45) is 5.41 Å². The molecule has 5 nitrogen and oxygen atoms in total. The molecule has 2 rings (SSSR count). The standard InChI is InChI=1S/C15H24N2O3/c1-15(2,10-18)14(17-8-6-16-7-9-17)11-4-3-5-12(19)13(11)20/h3-5,14,16,18-20H,6-10H2,1-2H3/t14-/m0/s1. The van der Waals surface area contributed by atoms with Crippen LogP contribution in [0.3, 0.4) is 0 Å². The molecule has 4 N–H and O–H groups in total. The van der Waals surface area contributed by atoms with Gasteiger partial charge < -0.3 is 20.6 Å². The van der Waals surface area contributed by atoms with Crippen molar-refractivity contribution in [3.63, 3.8) is 0 Å². The number of hydrogen-bond donors (Lipinski definition) is 4. The summed E-state index contributed by atoms with van der Waals surface area (Å²) in [5.41, 5.74) is 0.258. The van der Waals surface area contributed by atoms with Gasteiger partial charge in [-0.2, -0.15) is 0 Å². The third kappa shape index (κ3) is 2.90. The minimum Gasteiger partial charge on any atom is -0.504 e. The van der Waals surface area contributed by atoms with Crippen LogP contribution in [0.5, 0.6) is 11.5 Å². The fraction of sp³-hybridized carbons (Fsp3) is 0.600. The maximum absolute atomic E-state index is 10.2. The molecule has 1 aromatic rings. The molecule has 0 spiro atoms. The van der Waals surface area contributed by atoms with Crippen LogP contribution >= 0.6 is 0 Å². The Morgan fingerprint density at radius 2 is 1.90 bits per heavy atom. The molecule has 0 amide bonds. The first kappa shape index (κ1) is 15.1. The predicted octanol–water partition coefficient (Wildman–Crippen LogP) is 1.06. The van der Waals surface area contributed by atoms with E-state index in [1.165, 1.54) is 6.07 Å². The van der Waals surface area contributed by atoms with E-state index in [2.05, 4.69) is 10.2 Å². The molecule has 0 aromatic heterocycles. The van der Waals surface area contributed by atoms with Gasteiger partial charge in [0.25, 0.3) is 0 Å². The minimum atomic E-state index is -0.414. The molecule has 0 radical (unpaired) electrons. The highest BCUT2D eigenvalue weighted by atomic mass is 16.3. The van der Waals surface area contributed by atoms with Crippen LogP contribution < -0.4 is 5.32 Å². The highest BCUT2D eigenvalue weighted by Gasteiger charge is 2.37. The lowest BCUT2D eigenvalue weighted by Gasteiger charge is -2.43. The van der Waals surface area contributed by atoms with Crippen molar-refractivity contribution < 1.29 is 15.3 Å². The molecule has 20 heavy (non-hydrogen) atoms. The molecule has 0 aliphatic carbocycles. The average molecular weight is 280 g/mol. The van der Waals surface area contributed by atoms with Gasteiger partial charge in [-0.25, -0.2) is 0 Å². The fourth-order valence-electron chi connectivity index (χ4n) is 2.91. The van der Waals surface area contributed by atoms with Crippen LogP contribution in [-0.2, 0) is 0 Å². The lowest BCUT2D eigenvalue weighted by atomic mass is 9.79. The Bertz CT molecular complexity index is 456. The summed E-state index contributed by atoms with van der Waals surface area (Å²) in [6.07, 6.45) is 0. The van der Waals surface area contributed by atoms with Gasteiger partial charge in [0, 0.05) is 49.8 Å². The van der Waals surface area contributed by atoms with Crippen molar-refractivity contribution in [3.05, 3.63) is 23.8 Å². The second kappa shape index (κ2) is 5.99. The number of piperazine rings is 1. The summed E-state index contributed by atoms with van der Waals surface area (Å²) in [5, 5.41) is 33.0. The minimum absolute atomic E-state index is 0.0106. The third-order valence-corrected chi connectivity index (χ3v) is 4.00. The van der Waals surface area contributed by atoms with E-state index in [1.54, 1.807) is 6.07 Å². The predicted molar refractivity (Wildman–Crippen MR) is 77.8 cm³/mol. The Morgan fingerprint density at radius 3 is 2.50 bits per heavy atom. The van der Waals surface area contributed by atoms with Gasteiger partial charge in [-0.3, -0.25) is 4.90 Å². The van der Waals surface area contributed by atoms with Crippen LogP contribution in [0.1, 0.15) is 25.5 Å². The van der Waals surface area contributed by atoms with Crippen molar-refractivity contribution in [2.45, 2.75) is 19.9 Å². The van der Waals surface area contributed by atoms with Gasteiger partial charge in [0.2, 0.25) is 0 Å². The lowest BCUT2D eigenvalue weighted by Crippen LogP contribution is -2.49. The number of para-hydroxylation sites is 1. The summed E-state index contributed by atoms with van der Waals surface area (Å²) >= 11 is 0. The number of phenolic OH excluding ortho intramolecular Hbond substituents is 2. The molecule has 0 bridgehead atoms. The Labute approximate surface area is 119 Å². The van der Waals surface area contributed by atoms with Crippen molar-refractivity contribution in [1.82, 2.24) is 10.2 Å². The van der Waals surface area contributed by atoms with Gasteiger partial charge in [-0.1, -0.05) is 26.0 Å². The van der Waals surface area contributed by atoms with Gasteiger partial charge in [-0.15, -0.1) is 0 Å². The van der Waals surface area contributed by atoms with E-state index in [4.69, 9.17) is 0 Å². The summed E-state index contributed by atoms with van der Waals surface area (Å²) in [4.78, 5) is 2.25. The molecular formula is C15H24N2O3. The molecule has 1 saturated heterocycles. The second-order valence-electron chi connectivity index (χ2n) is 6.05.